The molecule has 1 aliphatic heterocycles. The van der Waals surface area contributed by atoms with E-state index in [1.807, 2.05) is 24.3 Å². The molecule has 1 saturated heterocycles. The summed E-state index contributed by atoms with van der Waals surface area (Å²) in [6.07, 6.45) is 0.659. The van der Waals surface area contributed by atoms with Crippen LogP contribution in [0.15, 0.2) is 60.7 Å². The van der Waals surface area contributed by atoms with Gasteiger partial charge >= 0.3 is 0 Å². The first-order valence-electron chi connectivity index (χ1n) is 7.17. The van der Waals surface area contributed by atoms with Gasteiger partial charge in [-0.05, 0) is 11.1 Å². The minimum absolute atomic E-state index is 0. The molecule has 0 bridgehead atoms. The van der Waals surface area contributed by atoms with E-state index >= 15 is 0 Å². The topological polar surface area (TPSA) is 20.3 Å². The van der Waals surface area contributed by atoms with Crippen molar-refractivity contribution in [3.05, 3.63) is 71.8 Å². The summed E-state index contributed by atoms with van der Waals surface area (Å²) in [4.78, 5) is 14.5. The van der Waals surface area contributed by atoms with Crippen molar-refractivity contribution in [3.63, 3.8) is 0 Å². The molecule has 2 nitrogen and oxygen atoms in total. The average molecular weight is 302 g/mol. The van der Waals surface area contributed by atoms with Crippen LogP contribution in [0, 0.1) is 0 Å². The molecule has 110 valence electrons. The van der Waals surface area contributed by atoms with Crippen LogP contribution in [0.1, 0.15) is 23.5 Å². The van der Waals surface area contributed by atoms with Crippen LogP contribution in [0.3, 0.4) is 0 Å². The summed E-state index contributed by atoms with van der Waals surface area (Å²) in [6, 6.07) is 20.6. The number of nitrogens with zero attached hydrogens (tertiary/aromatic N) is 1. The van der Waals surface area contributed by atoms with Gasteiger partial charge in [-0.2, -0.15) is 0 Å². The number of carbonyl (C=O) groups excluding carboxylic acids is 1. The average Bonchev–Trinajstić information content (AvgIpc) is 2.51. The van der Waals surface area contributed by atoms with Gasteiger partial charge in [0.15, 0.2) is 0 Å². The van der Waals surface area contributed by atoms with Crippen LogP contribution in [0.2, 0.25) is 0 Å². The number of Topliss-reactive ketones (excluding diaryl/α,β-unsaturated/α-hetero) is 1. The van der Waals surface area contributed by atoms with E-state index in [1.54, 1.807) is 0 Å². The first kappa shape index (κ1) is 15.7. The predicted molar refractivity (Wildman–Crippen MR) is 87.8 cm³/mol. The van der Waals surface area contributed by atoms with Crippen LogP contribution in [0.4, 0.5) is 0 Å². The number of carbonyl (C=O) groups is 1. The molecule has 1 aliphatic rings. The second kappa shape index (κ2) is 7.39. The SMILES string of the molecule is Cl.O=C1CCN(Cc2ccccc2)CC1c1ccccc1. The van der Waals surface area contributed by atoms with Gasteiger partial charge < -0.3 is 0 Å². The first-order valence-corrected chi connectivity index (χ1v) is 7.17. The number of piperidine rings is 1. The Balaban J connectivity index is 0.00000161. The van der Waals surface area contributed by atoms with Gasteiger partial charge in [-0.25, -0.2) is 0 Å². The second-order valence-corrected chi connectivity index (χ2v) is 5.40. The van der Waals surface area contributed by atoms with Crippen LogP contribution in [-0.2, 0) is 11.3 Å². The Bertz CT molecular complexity index is 570. The van der Waals surface area contributed by atoms with Crippen molar-refractivity contribution in [2.45, 2.75) is 18.9 Å². The Morgan fingerprint density at radius 2 is 1.57 bits per heavy atom. The van der Waals surface area contributed by atoms with Crippen molar-refractivity contribution in [2.75, 3.05) is 13.1 Å². The highest BCUT2D eigenvalue weighted by Gasteiger charge is 2.28. The molecule has 0 aliphatic carbocycles. The molecule has 3 heteroatoms. The molecule has 2 aromatic carbocycles. The highest BCUT2D eigenvalue weighted by atomic mass is 35.5. The molecule has 0 spiro atoms. The van der Waals surface area contributed by atoms with E-state index in [2.05, 4.69) is 41.3 Å². The molecule has 0 amide bonds. The molecule has 1 atom stereocenters. The molecule has 0 saturated carbocycles. The molecular weight excluding hydrogens is 282 g/mol. The third-order valence-corrected chi connectivity index (χ3v) is 3.95. The zero-order chi connectivity index (χ0) is 13.8. The zero-order valence-corrected chi connectivity index (χ0v) is 12.8. The third-order valence-electron chi connectivity index (χ3n) is 3.95. The summed E-state index contributed by atoms with van der Waals surface area (Å²) < 4.78 is 0. The van der Waals surface area contributed by atoms with E-state index in [4.69, 9.17) is 0 Å². The summed E-state index contributed by atoms with van der Waals surface area (Å²) >= 11 is 0. The molecule has 0 N–H and O–H groups in total. The summed E-state index contributed by atoms with van der Waals surface area (Å²) in [5.41, 5.74) is 2.46. The summed E-state index contributed by atoms with van der Waals surface area (Å²) in [5, 5.41) is 0. The van der Waals surface area contributed by atoms with E-state index < -0.39 is 0 Å². The summed E-state index contributed by atoms with van der Waals surface area (Å²) in [7, 11) is 0. The molecule has 1 heterocycles. The maximum atomic E-state index is 12.2. The van der Waals surface area contributed by atoms with Crippen molar-refractivity contribution in [2.24, 2.45) is 0 Å². The molecule has 0 radical (unpaired) electrons. The lowest BCUT2D eigenvalue weighted by Gasteiger charge is -2.32. The zero-order valence-electron chi connectivity index (χ0n) is 11.9. The van der Waals surface area contributed by atoms with Crippen LogP contribution < -0.4 is 0 Å². The van der Waals surface area contributed by atoms with Crippen molar-refractivity contribution in [3.8, 4) is 0 Å². The Labute approximate surface area is 132 Å². The monoisotopic (exact) mass is 301 g/mol. The normalized spacial score (nSPS) is 19.0. The van der Waals surface area contributed by atoms with Gasteiger partial charge in [0.25, 0.3) is 0 Å². The van der Waals surface area contributed by atoms with Gasteiger partial charge in [0.2, 0.25) is 0 Å². The van der Waals surface area contributed by atoms with E-state index in [9.17, 15) is 4.79 Å². The molecule has 2 aromatic rings. The van der Waals surface area contributed by atoms with Gasteiger partial charge in [0.05, 0.1) is 5.92 Å². The predicted octanol–water partition coefficient (Wildman–Crippen LogP) is 3.67. The van der Waals surface area contributed by atoms with Crippen molar-refractivity contribution >= 4 is 18.2 Å². The first-order chi connectivity index (χ1) is 9.83. The van der Waals surface area contributed by atoms with Crippen LogP contribution in [0.5, 0.6) is 0 Å². The number of benzene rings is 2. The fraction of sp³-hybridized carbons (Fsp3) is 0.278. The van der Waals surface area contributed by atoms with Gasteiger partial charge in [0, 0.05) is 26.1 Å². The maximum absolute atomic E-state index is 12.2. The number of rotatable bonds is 3. The van der Waals surface area contributed by atoms with Crippen molar-refractivity contribution in [1.82, 2.24) is 4.90 Å². The molecule has 1 fully saturated rings. The highest BCUT2D eigenvalue weighted by molar-refractivity contribution is 5.86. The van der Waals surface area contributed by atoms with Crippen LogP contribution >= 0.6 is 12.4 Å². The molecule has 21 heavy (non-hydrogen) atoms. The lowest BCUT2D eigenvalue weighted by atomic mass is 9.89. The fourth-order valence-electron chi connectivity index (χ4n) is 2.86. The number of hydrogen-bond acceptors (Lipinski definition) is 2. The van der Waals surface area contributed by atoms with Gasteiger partial charge in [-0.1, -0.05) is 60.7 Å². The van der Waals surface area contributed by atoms with E-state index in [0.29, 0.717) is 12.2 Å². The van der Waals surface area contributed by atoms with E-state index in [-0.39, 0.29) is 18.3 Å². The molecular formula is C18H20ClNO. The highest BCUT2D eigenvalue weighted by Crippen LogP contribution is 2.24. The minimum Gasteiger partial charge on any atom is -0.299 e. The van der Waals surface area contributed by atoms with Crippen LogP contribution in [0.25, 0.3) is 0 Å². The number of halogens is 1. The number of likely N-dealkylation sites (tertiary alicyclic amines) is 1. The molecule has 0 aromatic heterocycles. The van der Waals surface area contributed by atoms with Gasteiger partial charge in [-0.15, -0.1) is 12.4 Å². The summed E-state index contributed by atoms with van der Waals surface area (Å²) in [6.45, 7) is 2.63. The Hall–Kier alpha value is -1.64. The lowest BCUT2D eigenvalue weighted by molar-refractivity contribution is -0.123. The Kier molecular flexibility index (Phi) is 5.54. The van der Waals surface area contributed by atoms with Gasteiger partial charge in [0.1, 0.15) is 5.78 Å². The molecule has 1 unspecified atom stereocenters. The number of hydrogen-bond donors (Lipinski definition) is 0. The van der Waals surface area contributed by atoms with E-state index in [1.165, 1.54) is 5.56 Å². The smallest absolute Gasteiger partial charge is 0.142 e. The Morgan fingerprint density at radius 3 is 2.24 bits per heavy atom. The van der Waals surface area contributed by atoms with Gasteiger partial charge in [-0.3, -0.25) is 9.69 Å². The third kappa shape index (κ3) is 3.93. The maximum Gasteiger partial charge on any atom is 0.142 e. The standard InChI is InChI=1S/C18H19NO.ClH/c20-18-11-12-19(13-15-7-3-1-4-8-15)14-17(18)16-9-5-2-6-10-16;/h1-10,17H,11-14H2;1H. The van der Waals surface area contributed by atoms with Crippen molar-refractivity contribution in [1.29, 1.82) is 0 Å². The largest absolute Gasteiger partial charge is 0.299 e. The van der Waals surface area contributed by atoms with Crippen LogP contribution in [-0.4, -0.2) is 23.8 Å². The fourth-order valence-corrected chi connectivity index (χ4v) is 2.86. The quantitative estimate of drug-likeness (QED) is 0.862. The lowest BCUT2D eigenvalue weighted by Crippen LogP contribution is -2.39. The summed E-state index contributed by atoms with van der Waals surface area (Å²) in [5.74, 6) is 0.411. The second-order valence-electron chi connectivity index (χ2n) is 5.40. The van der Waals surface area contributed by atoms with Crippen molar-refractivity contribution < 1.29 is 4.79 Å². The number of ketones is 1. The minimum atomic E-state index is 0. The molecule has 3 rings (SSSR count). The van der Waals surface area contributed by atoms with E-state index in [0.717, 1.165) is 25.2 Å². The Morgan fingerprint density at radius 1 is 0.952 bits per heavy atom.